The second-order valence-electron chi connectivity index (χ2n) is 7.21. The van der Waals surface area contributed by atoms with Gasteiger partial charge < -0.3 is 19.5 Å². The van der Waals surface area contributed by atoms with Gasteiger partial charge in [-0.3, -0.25) is 14.4 Å². The maximum atomic E-state index is 12.6. The Balaban J connectivity index is 3.12. The van der Waals surface area contributed by atoms with Crippen LogP contribution in [0.25, 0.3) is 0 Å². The lowest BCUT2D eigenvalue weighted by atomic mass is 9.86. The molecule has 0 aliphatic carbocycles. The van der Waals surface area contributed by atoms with Crippen molar-refractivity contribution in [2.75, 3.05) is 21.3 Å². The highest BCUT2D eigenvalue weighted by Crippen LogP contribution is 2.22. The molecule has 0 aliphatic rings. The Hall–Kier alpha value is -2.90. The number of carbonyl (C=O) groups is 4. The van der Waals surface area contributed by atoms with E-state index in [-0.39, 0.29) is 5.41 Å². The zero-order valence-electron chi connectivity index (χ0n) is 17.0. The molecule has 1 rings (SSSR count). The molecule has 8 heteroatoms. The lowest BCUT2D eigenvalue weighted by molar-refractivity contribution is -0.158. The first kappa shape index (κ1) is 23.1. The maximum Gasteiger partial charge on any atom is 0.329 e. The minimum absolute atomic E-state index is 0.0833. The fourth-order valence-corrected chi connectivity index (χ4v) is 2.55. The van der Waals surface area contributed by atoms with Crippen LogP contribution in [0.3, 0.4) is 0 Å². The summed E-state index contributed by atoms with van der Waals surface area (Å²) in [6.45, 7) is 6.13. The van der Waals surface area contributed by atoms with E-state index in [1.165, 1.54) is 0 Å². The Morgan fingerprint density at radius 1 is 0.893 bits per heavy atom. The Bertz CT molecular complexity index is 719. The van der Waals surface area contributed by atoms with Gasteiger partial charge >= 0.3 is 17.9 Å². The number of methoxy groups -OCH3 is 3. The van der Waals surface area contributed by atoms with Crippen molar-refractivity contribution in [2.24, 2.45) is 5.92 Å². The molecular weight excluding hydrogens is 366 g/mol. The summed E-state index contributed by atoms with van der Waals surface area (Å²) in [6, 6.07) is 5.46. The van der Waals surface area contributed by atoms with Crippen LogP contribution >= 0.6 is 0 Å². The highest BCUT2D eigenvalue weighted by atomic mass is 16.5. The Morgan fingerprint density at radius 2 is 1.43 bits per heavy atom. The molecule has 0 heterocycles. The van der Waals surface area contributed by atoms with Crippen molar-refractivity contribution in [3.63, 3.8) is 0 Å². The zero-order valence-corrected chi connectivity index (χ0v) is 17.0. The van der Waals surface area contributed by atoms with Gasteiger partial charge in [0.2, 0.25) is 0 Å². The van der Waals surface area contributed by atoms with E-state index in [9.17, 15) is 19.2 Å². The van der Waals surface area contributed by atoms with Gasteiger partial charge in [0.25, 0.3) is 5.91 Å². The summed E-state index contributed by atoms with van der Waals surface area (Å²) >= 11 is 0. The van der Waals surface area contributed by atoms with E-state index >= 15 is 0 Å². The van der Waals surface area contributed by atoms with Gasteiger partial charge in [-0.05, 0) is 23.1 Å². The van der Waals surface area contributed by atoms with E-state index in [2.05, 4.69) is 14.8 Å². The van der Waals surface area contributed by atoms with Crippen LogP contribution in [0.1, 0.15) is 43.1 Å². The van der Waals surface area contributed by atoms with E-state index in [1.54, 1.807) is 12.1 Å². The smallest absolute Gasteiger partial charge is 0.329 e. The lowest BCUT2D eigenvalue weighted by Crippen LogP contribution is -2.50. The molecule has 2 atom stereocenters. The molecule has 0 radical (unpaired) electrons. The predicted octanol–water partition coefficient (Wildman–Crippen LogP) is 1.61. The summed E-state index contributed by atoms with van der Waals surface area (Å²) < 4.78 is 13.9. The molecule has 1 aromatic rings. The molecule has 1 aromatic carbocycles. The summed E-state index contributed by atoms with van der Waals surface area (Å²) in [4.78, 5) is 48.6. The van der Waals surface area contributed by atoms with Gasteiger partial charge in [-0.1, -0.05) is 32.9 Å². The van der Waals surface area contributed by atoms with Gasteiger partial charge in [0.1, 0.15) is 6.04 Å². The second-order valence-corrected chi connectivity index (χ2v) is 7.21. The maximum absolute atomic E-state index is 12.6. The largest absolute Gasteiger partial charge is 0.469 e. The number of ether oxygens (including phenoxy) is 3. The van der Waals surface area contributed by atoms with E-state index in [1.807, 2.05) is 32.9 Å². The summed E-state index contributed by atoms with van der Waals surface area (Å²) in [6.07, 6.45) is -0.452. The average Bonchev–Trinajstić information content (AvgIpc) is 2.68. The van der Waals surface area contributed by atoms with E-state index < -0.39 is 42.2 Å². The van der Waals surface area contributed by atoms with Crippen LogP contribution in [0.4, 0.5) is 0 Å². The fraction of sp³-hybridized carbons (Fsp3) is 0.500. The first-order chi connectivity index (χ1) is 13.0. The molecule has 8 nitrogen and oxygen atoms in total. The minimum atomic E-state index is -1.41. The number of rotatable bonds is 7. The van der Waals surface area contributed by atoms with Crippen molar-refractivity contribution in [2.45, 2.75) is 38.6 Å². The molecule has 0 unspecified atom stereocenters. The SMILES string of the molecule is COC(=O)C[C@H](C(=O)OC)[C@@H](NC(=O)c1ccc(C(C)(C)C)cc1)C(=O)OC. The number of benzene rings is 1. The van der Waals surface area contributed by atoms with Gasteiger partial charge in [0, 0.05) is 5.56 Å². The van der Waals surface area contributed by atoms with E-state index in [0.717, 1.165) is 26.9 Å². The Morgan fingerprint density at radius 3 is 1.86 bits per heavy atom. The van der Waals surface area contributed by atoms with Crippen LogP contribution in [0.2, 0.25) is 0 Å². The molecule has 0 fully saturated rings. The third-order valence-corrected chi connectivity index (χ3v) is 4.28. The lowest BCUT2D eigenvalue weighted by Gasteiger charge is -2.24. The molecule has 0 aromatic heterocycles. The summed E-state index contributed by atoms with van der Waals surface area (Å²) in [5.41, 5.74) is 1.25. The summed E-state index contributed by atoms with van der Waals surface area (Å²) in [7, 11) is 3.39. The Kier molecular flexibility index (Phi) is 8.16. The van der Waals surface area contributed by atoms with Gasteiger partial charge in [0.15, 0.2) is 0 Å². The van der Waals surface area contributed by atoms with Crippen molar-refractivity contribution in [1.29, 1.82) is 0 Å². The van der Waals surface area contributed by atoms with E-state index in [0.29, 0.717) is 5.56 Å². The summed E-state index contributed by atoms with van der Waals surface area (Å²) in [5, 5.41) is 2.46. The number of nitrogens with one attached hydrogen (secondary N) is 1. The monoisotopic (exact) mass is 393 g/mol. The quantitative estimate of drug-likeness (QED) is 0.554. The highest BCUT2D eigenvalue weighted by Gasteiger charge is 2.38. The van der Waals surface area contributed by atoms with Gasteiger partial charge in [-0.15, -0.1) is 0 Å². The standard InChI is InChI=1S/C20H27NO7/c1-20(2,3)13-9-7-12(8-10-13)17(23)21-16(19(25)28-6)14(18(24)27-5)11-15(22)26-4/h7-10,14,16H,11H2,1-6H3,(H,21,23)/t14-,16+/m0/s1. The van der Waals surface area contributed by atoms with Crippen molar-refractivity contribution >= 4 is 23.8 Å². The number of hydrogen-bond acceptors (Lipinski definition) is 7. The van der Waals surface area contributed by atoms with Crippen LogP contribution in [-0.4, -0.2) is 51.2 Å². The molecule has 1 N–H and O–H groups in total. The number of hydrogen-bond donors (Lipinski definition) is 1. The molecule has 28 heavy (non-hydrogen) atoms. The normalized spacial score (nSPS) is 13.1. The van der Waals surface area contributed by atoms with Crippen molar-refractivity contribution in [3.8, 4) is 0 Å². The molecule has 154 valence electrons. The predicted molar refractivity (Wildman–Crippen MR) is 101 cm³/mol. The average molecular weight is 393 g/mol. The van der Waals surface area contributed by atoms with Gasteiger partial charge in [0.05, 0.1) is 33.7 Å². The molecule has 0 spiro atoms. The van der Waals surface area contributed by atoms with E-state index in [4.69, 9.17) is 4.74 Å². The van der Waals surface area contributed by atoms with Crippen LogP contribution in [-0.2, 0) is 34.0 Å². The minimum Gasteiger partial charge on any atom is -0.469 e. The molecule has 1 amide bonds. The van der Waals surface area contributed by atoms with Gasteiger partial charge in [-0.2, -0.15) is 0 Å². The Labute approximate surface area is 164 Å². The molecular formula is C20H27NO7. The number of carbonyl (C=O) groups excluding carboxylic acids is 4. The van der Waals surface area contributed by atoms with Crippen molar-refractivity contribution in [3.05, 3.63) is 35.4 Å². The first-order valence-electron chi connectivity index (χ1n) is 8.69. The zero-order chi connectivity index (χ0) is 21.5. The topological polar surface area (TPSA) is 108 Å². The van der Waals surface area contributed by atoms with Crippen molar-refractivity contribution < 1.29 is 33.4 Å². The van der Waals surface area contributed by atoms with Gasteiger partial charge in [-0.25, -0.2) is 4.79 Å². The first-order valence-corrected chi connectivity index (χ1v) is 8.69. The third-order valence-electron chi connectivity index (χ3n) is 4.28. The van der Waals surface area contributed by atoms with Crippen LogP contribution in [0, 0.1) is 5.92 Å². The summed E-state index contributed by atoms with van der Waals surface area (Å²) in [5.74, 6) is -4.33. The highest BCUT2D eigenvalue weighted by molar-refractivity contribution is 5.98. The molecule has 0 saturated carbocycles. The molecule has 0 saturated heterocycles. The third kappa shape index (κ3) is 6.07. The molecule has 0 aliphatic heterocycles. The fourth-order valence-electron chi connectivity index (χ4n) is 2.55. The number of esters is 3. The molecule has 0 bridgehead atoms. The van der Waals surface area contributed by atoms with Crippen molar-refractivity contribution in [1.82, 2.24) is 5.32 Å². The van der Waals surface area contributed by atoms with Crippen LogP contribution in [0.15, 0.2) is 24.3 Å². The van der Waals surface area contributed by atoms with Crippen LogP contribution in [0.5, 0.6) is 0 Å². The van der Waals surface area contributed by atoms with Crippen LogP contribution < -0.4 is 5.32 Å². The number of amides is 1. The second kappa shape index (κ2) is 9.87.